The van der Waals surface area contributed by atoms with Crippen LogP contribution in [0.1, 0.15) is 32.1 Å². The maximum Gasteiger partial charge on any atom is 0.453 e. The van der Waals surface area contributed by atoms with Crippen molar-refractivity contribution in [3.05, 3.63) is 92.3 Å². The second-order valence-electron chi connectivity index (χ2n) is 9.46. The summed E-state index contributed by atoms with van der Waals surface area (Å²) in [7, 11) is 0. The average Bonchev–Trinajstić information content (AvgIpc) is 2.84. The van der Waals surface area contributed by atoms with Crippen molar-refractivity contribution in [2.75, 3.05) is 6.61 Å². The molecule has 0 amide bonds. The maximum absolute atomic E-state index is 13.9. The van der Waals surface area contributed by atoms with E-state index < -0.39 is 41.3 Å². The van der Waals surface area contributed by atoms with E-state index in [1.165, 1.54) is 42.5 Å². The highest BCUT2D eigenvalue weighted by molar-refractivity contribution is 6.35. The molecule has 0 bridgehead atoms. The van der Waals surface area contributed by atoms with Gasteiger partial charge in [-0.1, -0.05) is 56.1 Å². The van der Waals surface area contributed by atoms with Gasteiger partial charge in [-0.25, -0.2) is 4.79 Å². The van der Waals surface area contributed by atoms with E-state index in [0.29, 0.717) is 5.02 Å². The number of carbonyl (C=O) groups is 1. The van der Waals surface area contributed by atoms with Crippen LogP contribution < -0.4 is 19.6 Å². The summed E-state index contributed by atoms with van der Waals surface area (Å²) >= 11 is 11.8. The Bertz CT molecular complexity index is 1590. The summed E-state index contributed by atoms with van der Waals surface area (Å²) in [5, 5.41) is 0.344. The number of esters is 1. The average molecular weight is 581 g/mol. The van der Waals surface area contributed by atoms with E-state index in [1.807, 2.05) is 20.8 Å². The molecule has 1 heterocycles. The van der Waals surface area contributed by atoms with Gasteiger partial charge in [-0.15, -0.1) is 0 Å². The number of halogens is 5. The first-order valence-electron chi connectivity index (χ1n) is 11.5. The van der Waals surface area contributed by atoms with E-state index in [2.05, 4.69) is 0 Å². The van der Waals surface area contributed by atoms with Gasteiger partial charge in [0.25, 0.3) is 5.76 Å². The molecule has 204 valence electrons. The summed E-state index contributed by atoms with van der Waals surface area (Å²) in [6, 6.07) is 14.2. The number of benzene rings is 3. The van der Waals surface area contributed by atoms with Crippen molar-refractivity contribution >= 4 is 40.1 Å². The van der Waals surface area contributed by atoms with Crippen LogP contribution in [0.25, 0.3) is 11.0 Å². The first-order valence-corrected chi connectivity index (χ1v) is 12.2. The quantitative estimate of drug-likeness (QED) is 0.169. The van der Waals surface area contributed by atoms with Gasteiger partial charge in [-0.05, 0) is 53.4 Å². The van der Waals surface area contributed by atoms with Crippen LogP contribution >= 0.6 is 23.2 Å². The molecule has 0 aliphatic carbocycles. The molecule has 0 atom stereocenters. The van der Waals surface area contributed by atoms with Crippen molar-refractivity contribution < 1.29 is 36.6 Å². The standard InChI is InChI=1S/C28H21Cl2F3O6/c1-27(2,3)15-4-7-17(8-5-15)38-25-24(35)19-10-9-18(13-22(19)39-26(25)28(31,32)33)37-23(34)14-36-21-11-6-16(29)12-20(21)30/h4-13H,14H2,1-3H3. The zero-order valence-corrected chi connectivity index (χ0v) is 22.3. The lowest BCUT2D eigenvalue weighted by atomic mass is 9.87. The van der Waals surface area contributed by atoms with Crippen LogP contribution in [0.2, 0.25) is 10.0 Å². The van der Waals surface area contributed by atoms with Gasteiger partial charge < -0.3 is 18.6 Å². The number of carbonyl (C=O) groups excluding carboxylic acids is 1. The topological polar surface area (TPSA) is 75.0 Å². The Morgan fingerprint density at radius 3 is 2.21 bits per heavy atom. The third kappa shape index (κ3) is 6.66. The lowest BCUT2D eigenvalue weighted by Crippen LogP contribution is -2.18. The number of hydrogen-bond acceptors (Lipinski definition) is 6. The zero-order valence-electron chi connectivity index (χ0n) is 20.8. The summed E-state index contributed by atoms with van der Waals surface area (Å²) in [5.41, 5.74) is -0.745. The SMILES string of the molecule is CC(C)(C)c1ccc(Oc2c(C(F)(F)F)oc3cc(OC(=O)COc4ccc(Cl)cc4Cl)ccc3c2=O)cc1. The fourth-order valence-corrected chi connectivity index (χ4v) is 3.99. The molecule has 1 aromatic heterocycles. The third-order valence-electron chi connectivity index (χ3n) is 5.49. The molecular weight excluding hydrogens is 560 g/mol. The van der Waals surface area contributed by atoms with Crippen molar-refractivity contribution in [3.8, 4) is 23.0 Å². The molecule has 0 fully saturated rings. The van der Waals surface area contributed by atoms with Crippen LogP contribution in [0, 0.1) is 0 Å². The van der Waals surface area contributed by atoms with Crippen LogP contribution in [0.4, 0.5) is 13.2 Å². The normalized spacial score (nSPS) is 11.9. The number of fused-ring (bicyclic) bond motifs is 1. The predicted molar refractivity (Wildman–Crippen MR) is 140 cm³/mol. The van der Waals surface area contributed by atoms with Gasteiger partial charge in [0.05, 0.1) is 10.4 Å². The highest BCUT2D eigenvalue weighted by atomic mass is 35.5. The monoisotopic (exact) mass is 580 g/mol. The molecule has 0 spiro atoms. The summed E-state index contributed by atoms with van der Waals surface area (Å²) in [6.45, 7) is 5.39. The molecular formula is C28H21Cl2F3O6. The summed E-state index contributed by atoms with van der Waals surface area (Å²) in [4.78, 5) is 25.3. The Morgan fingerprint density at radius 2 is 1.59 bits per heavy atom. The molecule has 0 saturated carbocycles. The number of alkyl halides is 3. The van der Waals surface area contributed by atoms with Crippen LogP contribution in [-0.4, -0.2) is 12.6 Å². The van der Waals surface area contributed by atoms with E-state index in [4.69, 9.17) is 41.8 Å². The minimum absolute atomic E-state index is 0.0338. The molecule has 39 heavy (non-hydrogen) atoms. The third-order valence-corrected chi connectivity index (χ3v) is 6.02. The first-order chi connectivity index (χ1) is 18.2. The molecule has 3 aromatic carbocycles. The van der Waals surface area contributed by atoms with Crippen LogP contribution in [-0.2, 0) is 16.4 Å². The van der Waals surface area contributed by atoms with E-state index >= 15 is 0 Å². The van der Waals surface area contributed by atoms with Gasteiger partial charge >= 0.3 is 12.1 Å². The zero-order chi connectivity index (χ0) is 28.5. The Balaban J connectivity index is 1.60. The smallest absolute Gasteiger partial charge is 0.453 e. The van der Waals surface area contributed by atoms with Crippen LogP contribution in [0.15, 0.2) is 69.9 Å². The summed E-state index contributed by atoms with van der Waals surface area (Å²) in [5.74, 6) is -3.46. The molecule has 0 radical (unpaired) electrons. The molecule has 0 N–H and O–H groups in total. The predicted octanol–water partition coefficient (Wildman–Crippen LogP) is 8.19. The highest BCUT2D eigenvalue weighted by Gasteiger charge is 2.40. The Labute approximate surface area is 230 Å². The van der Waals surface area contributed by atoms with Crippen LogP contribution in [0.5, 0.6) is 23.0 Å². The Hall–Kier alpha value is -3.69. The molecule has 0 aliphatic heterocycles. The van der Waals surface area contributed by atoms with E-state index in [1.54, 1.807) is 12.1 Å². The van der Waals surface area contributed by atoms with Crippen molar-refractivity contribution in [1.82, 2.24) is 0 Å². The molecule has 0 unspecified atom stereocenters. The van der Waals surface area contributed by atoms with Crippen molar-refractivity contribution in [1.29, 1.82) is 0 Å². The molecule has 0 saturated heterocycles. The molecule has 11 heteroatoms. The number of hydrogen-bond donors (Lipinski definition) is 0. The van der Waals surface area contributed by atoms with Gasteiger partial charge in [0.1, 0.15) is 22.8 Å². The van der Waals surface area contributed by atoms with Gasteiger partial charge in [-0.3, -0.25) is 4.79 Å². The lowest BCUT2D eigenvalue weighted by Gasteiger charge is -2.19. The van der Waals surface area contributed by atoms with Crippen molar-refractivity contribution in [2.24, 2.45) is 0 Å². The molecule has 0 aliphatic rings. The molecule has 6 nitrogen and oxygen atoms in total. The molecule has 4 rings (SSSR count). The number of ether oxygens (including phenoxy) is 3. The maximum atomic E-state index is 13.9. The second-order valence-corrected chi connectivity index (χ2v) is 10.3. The van der Waals surface area contributed by atoms with Crippen molar-refractivity contribution in [2.45, 2.75) is 32.4 Å². The summed E-state index contributed by atoms with van der Waals surface area (Å²) in [6.07, 6.45) is -5.05. The van der Waals surface area contributed by atoms with Gasteiger partial charge in [0.2, 0.25) is 11.2 Å². The van der Waals surface area contributed by atoms with Crippen LogP contribution in [0.3, 0.4) is 0 Å². The first kappa shape index (κ1) is 28.3. The fourth-order valence-electron chi connectivity index (χ4n) is 3.53. The number of rotatable bonds is 6. The van der Waals surface area contributed by atoms with E-state index in [0.717, 1.165) is 11.6 Å². The van der Waals surface area contributed by atoms with E-state index in [-0.39, 0.29) is 33.1 Å². The minimum Gasteiger partial charge on any atom is -0.480 e. The Kier molecular flexibility index (Phi) is 7.86. The lowest BCUT2D eigenvalue weighted by molar-refractivity contribution is -0.154. The Morgan fingerprint density at radius 1 is 0.923 bits per heavy atom. The fraction of sp³-hybridized carbons (Fsp3) is 0.214. The van der Waals surface area contributed by atoms with Gasteiger partial charge in [-0.2, -0.15) is 13.2 Å². The van der Waals surface area contributed by atoms with Gasteiger partial charge in [0.15, 0.2) is 6.61 Å². The largest absolute Gasteiger partial charge is 0.480 e. The second kappa shape index (κ2) is 10.8. The van der Waals surface area contributed by atoms with E-state index in [9.17, 15) is 22.8 Å². The molecule has 4 aromatic rings. The van der Waals surface area contributed by atoms with Crippen molar-refractivity contribution in [3.63, 3.8) is 0 Å². The highest BCUT2D eigenvalue weighted by Crippen LogP contribution is 2.39. The van der Waals surface area contributed by atoms with Gasteiger partial charge in [0, 0.05) is 11.1 Å². The summed E-state index contributed by atoms with van der Waals surface area (Å²) < 4.78 is 62.5. The minimum atomic E-state index is -5.05.